The average Bonchev–Trinajstić information content (AvgIpc) is 2.48. The van der Waals surface area contributed by atoms with Crippen LogP contribution in [0.3, 0.4) is 0 Å². The minimum absolute atomic E-state index is 0.0815. The number of piperidine rings is 1. The zero-order valence-electron chi connectivity index (χ0n) is 11.8. The van der Waals surface area contributed by atoms with E-state index < -0.39 is 0 Å². The second kappa shape index (κ2) is 8.29. The standard InChI is InChI=1S/C15H19ClN2O2S/c16-12-4-6-13(7-5-12)21-10-8-17-14(19)11-18-9-2-1-3-15(18)20/h4-7H,1-3,8-11H2,(H,17,19). The van der Waals surface area contributed by atoms with Gasteiger partial charge in [-0.1, -0.05) is 11.6 Å². The number of likely N-dealkylation sites (tertiary alicyclic amines) is 1. The van der Waals surface area contributed by atoms with E-state index in [0.717, 1.165) is 28.5 Å². The molecule has 0 unspecified atom stereocenters. The smallest absolute Gasteiger partial charge is 0.239 e. The summed E-state index contributed by atoms with van der Waals surface area (Å²) in [5.74, 6) is 0.801. The van der Waals surface area contributed by atoms with Crippen LogP contribution in [0.2, 0.25) is 5.02 Å². The molecular formula is C15H19ClN2O2S. The molecule has 1 aromatic rings. The molecule has 0 radical (unpaired) electrons. The van der Waals surface area contributed by atoms with Gasteiger partial charge in [-0.15, -0.1) is 11.8 Å². The number of halogens is 1. The van der Waals surface area contributed by atoms with Crippen LogP contribution in [0, 0.1) is 0 Å². The molecule has 1 fully saturated rings. The van der Waals surface area contributed by atoms with E-state index in [1.807, 2.05) is 24.3 Å². The number of nitrogens with one attached hydrogen (secondary N) is 1. The first-order valence-corrected chi connectivity index (χ1v) is 8.44. The molecule has 0 saturated carbocycles. The van der Waals surface area contributed by atoms with Crippen molar-refractivity contribution in [2.75, 3.05) is 25.4 Å². The van der Waals surface area contributed by atoms with Gasteiger partial charge in [0.15, 0.2) is 0 Å². The number of hydrogen-bond acceptors (Lipinski definition) is 3. The highest BCUT2D eigenvalue weighted by molar-refractivity contribution is 7.99. The maximum Gasteiger partial charge on any atom is 0.239 e. The predicted molar refractivity (Wildman–Crippen MR) is 85.6 cm³/mol. The van der Waals surface area contributed by atoms with Gasteiger partial charge in [0.05, 0.1) is 6.54 Å². The van der Waals surface area contributed by atoms with Crippen molar-refractivity contribution in [2.24, 2.45) is 0 Å². The van der Waals surface area contributed by atoms with Crippen LogP contribution in [0.15, 0.2) is 29.2 Å². The van der Waals surface area contributed by atoms with Crippen LogP contribution in [0.5, 0.6) is 0 Å². The summed E-state index contributed by atoms with van der Waals surface area (Å²) in [7, 11) is 0. The van der Waals surface area contributed by atoms with Crippen molar-refractivity contribution in [3.63, 3.8) is 0 Å². The summed E-state index contributed by atoms with van der Waals surface area (Å²) in [4.78, 5) is 26.2. The fourth-order valence-electron chi connectivity index (χ4n) is 2.15. The molecule has 114 valence electrons. The fraction of sp³-hybridized carbons (Fsp3) is 0.467. The van der Waals surface area contributed by atoms with Gasteiger partial charge in [-0.25, -0.2) is 0 Å². The van der Waals surface area contributed by atoms with E-state index in [-0.39, 0.29) is 18.4 Å². The van der Waals surface area contributed by atoms with Gasteiger partial charge in [-0.3, -0.25) is 9.59 Å². The van der Waals surface area contributed by atoms with Crippen LogP contribution in [-0.2, 0) is 9.59 Å². The molecule has 1 aliphatic heterocycles. The minimum Gasteiger partial charge on any atom is -0.354 e. The molecule has 4 nitrogen and oxygen atoms in total. The summed E-state index contributed by atoms with van der Waals surface area (Å²) in [5, 5.41) is 3.57. The second-order valence-corrected chi connectivity index (χ2v) is 6.53. The number of thioether (sulfide) groups is 1. The van der Waals surface area contributed by atoms with Gasteiger partial charge in [-0.2, -0.15) is 0 Å². The Balaban J connectivity index is 1.62. The molecule has 0 spiro atoms. The topological polar surface area (TPSA) is 49.4 Å². The second-order valence-electron chi connectivity index (χ2n) is 4.92. The molecule has 2 amide bonds. The van der Waals surface area contributed by atoms with Crippen molar-refractivity contribution in [3.05, 3.63) is 29.3 Å². The van der Waals surface area contributed by atoms with Crippen molar-refractivity contribution < 1.29 is 9.59 Å². The van der Waals surface area contributed by atoms with Crippen molar-refractivity contribution in [1.82, 2.24) is 10.2 Å². The van der Waals surface area contributed by atoms with Gasteiger partial charge in [0.2, 0.25) is 11.8 Å². The molecule has 0 aliphatic carbocycles. The Kier molecular flexibility index (Phi) is 6.39. The molecule has 0 aromatic heterocycles. The summed E-state index contributed by atoms with van der Waals surface area (Å²) < 4.78 is 0. The summed E-state index contributed by atoms with van der Waals surface area (Å²) in [6, 6.07) is 7.62. The molecule has 6 heteroatoms. The Bertz CT molecular complexity index is 493. The van der Waals surface area contributed by atoms with E-state index in [2.05, 4.69) is 5.32 Å². The van der Waals surface area contributed by atoms with Crippen molar-refractivity contribution in [2.45, 2.75) is 24.2 Å². The van der Waals surface area contributed by atoms with Crippen LogP contribution >= 0.6 is 23.4 Å². The first kappa shape index (κ1) is 16.2. The zero-order chi connectivity index (χ0) is 15.1. The highest BCUT2D eigenvalue weighted by Crippen LogP contribution is 2.19. The first-order chi connectivity index (χ1) is 10.1. The number of benzene rings is 1. The van der Waals surface area contributed by atoms with Crippen molar-refractivity contribution in [3.8, 4) is 0 Å². The van der Waals surface area contributed by atoms with E-state index in [1.54, 1.807) is 16.7 Å². The summed E-state index contributed by atoms with van der Waals surface area (Å²) in [6.45, 7) is 1.48. The quantitative estimate of drug-likeness (QED) is 0.645. The number of amides is 2. The van der Waals surface area contributed by atoms with Gasteiger partial charge < -0.3 is 10.2 Å². The minimum atomic E-state index is -0.0815. The van der Waals surface area contributed by atoms with Crippen molar-refractivity contribution in [1.29, 1.82) is 0 Å². The SMILES string of the molecule is O=C(CN1CCCCC1=O)NCCSc1ccc(Cl)cc1. The monoisotopic (exact) mass is 326 g/mol. The highest BCUT2D eigenvalue weighted by atomic mass is 35.5. The maximum atomic E-state index is 11.8. The Morgan fingerprint density at radius 3 is 2.76 bits per heavy atom. The predicted octanol–water partition coefficient (Wildman–Crippen LogP) is 2.56. The third-order valence-electron chi connectivity index (χ3n) is 3.26. The molecular weight excluding hydrogens is 308 g/mol. The first-order valence-electron chi connectivity index (χ1n) is 7.08. The van der Waals surface area contributed by atoms with Crippen LogP contribution in [0.25, 0.3) is 0 Å². The van der Waals surface area contributed by atoms with E-state index in [1.165, 1.54) is 0 Å². The van der Waals surface area contributed by atoms with Gasteiger partial charge in [-0.05, 0) is 37.1 Å². The largest absolute Gasteiger partial charge is 0.354 e. The molecule has 0 bridgehead atoms. The molecule has 1 heterocycles. The number of nitrogens with zero attached hydrogens (tertiary/aromatic N) is 1. The Labute approximate surface area is 134 Å². The lowest BCUT2D eigenvalue weighted by molar-refractivity contribution is -0.137. The van der Waals surface area contributed by atoms with E-state index >= 15 is 0 Å². The van der Waals surface area contributed by atoms with E-state index in [9.17, 15) is 9.59 Å². The van der Waals surface area contributed by atoms with Crippen LogP contribution in [-0.4, -0.2) is 42.1 Å². The van der Waals surface area contributed by atoms with E-state index in [0.29, 0.717) is 19.5 Å². The normalized spacial score (nSPS) is 15.1. The third kappa shape index (κ3) is 5.59. The van der Waals surface area contributed by atoms with Crippen LogP contribution in [0.4, 0.5) is 0 Å². The number of rotatable bonds is 6. The summed E-state index contributed by atoms with van der Waals surface area (Å²) in [6.07, 6.45) is 2.50. The molecule has 1 saturated heterocycles. The summed E-state index contributed by atoms with van der Waals surface area (Å²) in [5.41, 5.74) is 0. The highest BCUT2D eigenvalue weighted by Gasteiger charge is 2.19. The summed E-state index contributed by atoms with van der Waals surface area (Å²) >= 11 is 7.48. The lowest BCUT2D eigenvalue weighted by Crippen LogP contribution is -2.43. The number of hydrogen-bond donors (Lipinski definition) is 1. The molecule has 0 atom stereocenters. The molecule has 2 rings (SSSR count). The van der Waals surface area contributed by atoms with Gasteiger partial charge in [0, 0.05) is 35.2 Å². The molecule has 1 aliphatic rings. The van der Waals surface area contributed by atoms with Gasteiger partial charge >= 0.3 is 0 Å². The average molecular weight is 327 g/mol. The Morgan fingerprint density at radius 2 is 2.05 bits per heavy atom. The third-order valence-corrected chi connectivity index (χ3v) is 4.53. The number of carbonyl (C=O) groups is 2. The lowest BCUT2D eigenvalue weighted by Gasteiger charge is -2.25. The maximum absolute atomic E-state index is 11.8. The van der Waals surface area contributed by atoms with Crippen LogP contribution in [0.1, 0.15) is 19.3 Å². The molecule has 1 N–H and O–H groups in total. The number of carbonyl (C=O) groups excluding carboxylic acids is 2. The van der Waals surface area contributed by atoms with Crippen LogP contribution < -0.4 is 5.32 Å². The Hall–Kier alpha value is -1.20. The fourth-order valence-corrected chi connectivity index (χ4v) is 3.04. The zero-order valence-corrected chi connectivity index (χ0v) is 13.4. The Morgan fingerprint density at radius 1 is 1.29 bits per heavy atom. The van der Waals surface area contributed by atoms with E-state index in [4.69, 9.17) is 11.6 Å². The lowest BCUT2D eigenvalue weighted by atomic mass is 10.1. The molecule has 21 heavy (non-hydrogen) atoms. The molecule has 1 aromatic carbocycles. The van der Waals surface area contributed by atoms with Gasteiger partial charge in [0.25, 0.3) is 0 Å². The van der Waals surface area contributed by atoms with Crippen molar-refractivity contribution >= 4 is 35.2 Å². The van der Waals surface area contributed by atoms with Gasteiger partial charge in [0.1, 0.15) is 0 Å².